The fraction of sp³-hybridized carbons (Fsp3) is 0.938. The Morgan fingerprint density at radius 2 is 1.86 bits per heavy atom. The van der Waals surface area contributed by atoms with Crippen LogP contribution in [0.3, 0.4) is 0 Å². The number of nitrogens with one attached hydrogen (secondary N) is 1. The van der Waals surface area contributed by atoms with Gasteiger partial charge in [0.2, 0.25) is 5.91 Å². The third kappa shape index (κ3) is 7.49. The Labute approximate surface area is 147 Å². The summed E-state index contributed by atoms with van der Waals surface area (Å²) in [5, 5.41) is 3.14. The van der Waals surface area contributed by atoms with Gasteiger partial charge in [-0.25, -0.2) is 0 Å². The second-order valence-corrected chi connectivity index (χ2v) is 6.84. The van der Waals surface area contributed by atoms with Crippen molar-refractivity contribution in [3.63, 3.8) is 0 Å². The first-order valence-corrected chi connectivity index (χ1v) is 8.41. The Kier molecular flexibility index (Phi) is 11.5. The van der Waals surface area contributed by atoms with Crippen LogP contribution in [0.5, 0.6) is 0 Å². The van der Waals surface area contributed by atoms with Crippen LogP contribution in [0.25, 0.3) is 0 Å². The third-order valence-corrected chi connectivity index (χ3v) is 4.73. The Morgan fingerprint density at radius 3 is 2.50 bits per heavy atom. The number of nitrogens with zero attached hydrogens (tertiary/aromatic N) is 1. The normalized spacial score (nSPS) is 27.2. The van der Waals surface area contributed by atoms with E-state index in [-0.39, 0.29) is 42.7 Å². The van der Waals surface area contributed by atoms with Crippen LogP contribution in [0.15, 0.2) is 0 Å². The van der Waals surface area contributed by atoms with Crippen LogP contribution < -0.4 is 11.1 Å². The molecule has 3 N–H and O–H groups in total. The van der Waals surface area contributed by atoms with E-state index in [1.165, 1.54) is 32.4 Å². The summed E-state index contributed by atoms with van der Waals surface area (Å²) in [5.74, 6) is 0.917. The lowest BCUT2D eigenvalue weighted by Crippen LogP contribution is -2.41. The zero-order valence-corrected chi connectivity index (χ0v) is 15.4. The van der Waals surface area contributed by atoms with Gasteiger partial charge in [0, 0.05) is 25.0 Å². The van der Waals surface area contributed by atoms with E-state index < -0.39 is 0 Å². The van der Waals surface area contributed by atoms with Gasteiger partial charge in [-0.2, -0.15) is 0 Å². The molecule has 3 unspecified atom stereocenters. The highest BCUT2D eigenvalue weighted by molar-refractivity contribution is 5.85. The molecule has 4 nitrogen and oxygen atoms in total. The average Bonchev–Trinajstić information content (AvgIpc) is 2.46. The molecule has 0 radical (unpaired) electrons. The van der Waals surface area contributed by atoms with Crippen molar-refractivity contribution in [1.82, 2.24) is 10.2 Å². The minimum Gasteiger partial charge on any atom is -0.356 e. The van der Waals surface area contributed by atoms with Crippen LogP contribution >= 0.6 is 24.8 Å². The highest BCUT2D eigenvalue weighted by Gasteiger charge is 2.25. The van der Waals surface area contributed by atoms with Crippen molar-refractivity contribution in [2.75, 3.05) is 26.2 Å². The maximum absolute atomic E-state index is 12.2. The van der Waals surface area contributed by atoms with Crippen molar-refractivity contribution >= 4 is 30.7 Å². The molecule has 0 aromatic heterocycles. The molecule has 0 bridgehead atoms. The van der Waals surface area contributed by atoms with Gasteiger partial charge >= 0.3 is 0 Å². The van der Waals surface area contributed by atoms with Crippen molar-refractivity contribution < 1.29 is 4.79 Å². The van der Waals surface area contributed by atoms with E-state index in [0.29, 0.717) is 5.92 Å². The van der Waals surface area contributed by atoms with Gasteiger partial charge in [0.05, 0.1) is 0 Å². The van der Waals surface area contributed by atoms with Crippen molar-refractivity contribution in [3.8, 4) is 0 Å². The standard InChI is InChI=1S/C16H31N3O.2ClH/c1-13(12-19-8-3-2-4-9-19)11-18-16(20)14-6-5-7-15(17)10-14;;/h13-15H,2-12,17H2,1H3,(H,18,20);2*1H. The van der Waals surface area contributed by atoms with E-state index in [1.807, 2.05) is 0 Å². The zero-order chi connectivity index (χ0) is 14.4. The SMILES string of the molecule is CC(CNC(=O)C1CCCC(N)C1)CN1CCCCC1.Cl.Cl. The first kappa shape index (κ1) is 22.0. The van der Waals surface area contributed by atoms with Crippen LogP contribution in [-0.4, -0.2) is 43.0 Å². The minimum absolute atomic E-state index is 0. The second kappa shape index (κ2) is 11.5. The maximum atomic E-state index is 12.2. The Hall–Kier alpha value is -0.0300. The van der Waals surface area contributed by atoms with E-state index in [1.54, 1.807) is 0 Å². The predicted octanol–water partition coefficient (Wildman–Crippen LogP) is 2.59. The number of likely N-dealkylation sites (tertiary alicyclic amines) is 1. The van der Waals surface area contributed by atoms with Gasteiger partial charge in [0.1, 0.15) is 0 Å². The molecule has 0 aromatic carbocycles. The summed E-state index contributed by atoms with van der Waals surface area (Å²) in [6.07, 6.45) is 8.10. The molecule has 2 rings (SSSR count). The van der Waals surface area contributed by atoms with Crippen LogP contribution in [0, 0.1) is 11.8 Å². The molecule has 2 fully saturated rings. The summed E-state index contributed by atoms with van der Waals surface area (Å²) in [6.45, 7) is 6.62. The van der Waals surface area contributed by atoms with Gasteiger partial charge in [-0.05, 0) is 51.1 Å². The van der Waals surface area contributed by atoms with Gasteiger partial charge in [0.15, 0.2) is 0 Å². The number of nitrogens with two attached hydrogens (primary N) is 1. The summed E-state index contributed by atoms with van der Waals surface area (Å²) in [6, 6.07) is 0.227. The average molecular weight is 354 g/mol. The molecule has 0 spiro atoms. The van der Waals surface area contributed by atoms with E-state index in [0.717, 1.165) is 38.8 Å². The van der Waals surface area contributed by atoms with E-state index in [4.69, 9.17) is 5.73 Å². The molecule has 1 heterocycles. The largest absolute Gasteiger partial charge is 0.356 e. The van der Waals surface area contributed by atoms with Crippen molar-refractivity contribution in [1.29, 1.82) is 0 Å². The van der Waals surface area contributed by atoms with Gasteiger partial charge in [-0.3, -0.25) is 4.79 Å². The summed E-state index contributed by atoms with van der Waals surface area (Å²) < 4.78 is 0. The molecule has 1 saturated carbocycles. The summed E-state index contributed by atoms with van der Waals surface area (Å²) in [5.41, 5.74) is 5.96. The number of halogens is 2. The summed E-state index contributed by atoms with van der Waals surface area (Å²) in [7, 11) is 0. The Morgan fingerprint density at radius 1 is 1.18 bits per heavy atom. The predicted molar refractivity (Wildman–Crippen MR) is 96.9 cm³/mol. The van der Waals surface area contributed by atoms with Crippen LogP contribution in [0.2, 0.25) is 0 Å². The third-order valence-electron chi connectivity index (χ3n) is 4.73. The van der Waals surface area contributed by atoms with Crippen LogP contribution in [0.4, 0.5) is 0 Å². The van der Waals surface area contributed by atoms with Crippen LogP contribution in [-0.2, 0) is 4.79 Å². The first-order valence-electron chi connectivity index (χ1n) is 8.41. The maximum Gasteiger partial charge on any atom is 0.223 e. The highest BCUT2D eigenvalue weighted by Crippen LogP contribution is 2.23. The number of rotatable bonds is 5. The van der Waals surface area contributed by atoms with E-state index in [2.05, 4.69) is 17.1 Å². The minimum atomic E-state index is 0. The fourth-order valence-corrected chi connectivity index (χ4v) is 3.53. The highest BCUT2D eigenvalue weighted by atomic mass is 35.5. The number of carbonyl (C=O) groups is 1. The monoisotopic (exact) mass is 353 g/mol. The fourth-order valence-electron chi connectivity index (χ4n) is 3.53. The quantitative estimate of drug-likeness (QED) is 0.798. The molecule has 0 aromatic rings. The molecule has 1 aliphatic carbocycles. The molecule has 3 atom stereocenters. The number of hydrogen-bond donors (Lipinski definition) is 2. The van der Waals surface area contributed by atoms with Gasteiger partial charge < -0.3 is 16.0 Å². The molecule has 2 aliphatic rings. The first-order chi connectivity index (χ1) is 9.65. The molecule has 6 heteroatoms. The molecule has 1 saturated heterocycles. The lowest BCUT2D eigenvalue weighted by Gasteiger charge is -2.30. The summed E-state index contributed by atoms with van der Waals surface area (Å²) >= 11 is 0. The van der Waals surface area contributed by atoms with Crippen molar-refractivity contribution in [2.45, 2.75) is 57.9 Å². The molecular weight excluding hydrogens is 321 g/mol. The Bertz CT molecular complexity index is 312. The van der Waals surface area contributed by atoms with Gasteiger partial charge in [-0.1, -0.05) is 19.8 Å². The number of carbonyl (C=O) groups excluding carboxylic acids is 1. The topological polar surface area (TPSA) is 58.4 Å². The zero-order valence-electron chi connectivity index (χ0n) is 13.8. The van der Waals surface area contributed by atoms with Crippen molar-refractivity contribution in [3.05, 3.63) is 0 Å². The van der Waals surface area contributed by atoms with Gasteiger partial charge in [-0.15, -0.1) is 24.8 Å². The molecule has 22 heavy (non-hydrogen) atoms. The van der Waals surface area contributed by atoms with E-state index in [9.17, 15) is 4.79 Å². The molecular formula is C16H33Cl2N3O. The number of hydrogen-bond acceptors (Lipinski definition) is 3. The lowest BCUT2D eigenvalue weighted by molar-refractivity contribution is -0.126. The molecule has 1 aliphatic heterocycles. The van der Waals surface area contributed by atoms with Crippen LogP contribution in [0.1, 0.15) is 51.9 Å². The van der Waals surface area contributed by atoms with E-state index >= 15 is 0 Å². The number of amides is 1. The molecule has 132 valence electrons. The molecule has 1 amide bonds. The van der Waals surface area contributed by atoms with Gasteiger partial charge in [0.25, 0.3) is 0 Å². The Balaban J connectivity index is 0.00000220. The second-order valence-electron chi connectivity index (χ2n) is 6.84. The number of piperidine rings is 1. The summed E-state index contributed by atoms with van der Waals surface area (Å²) in [4.78, 5) is 14.7. The lowest BCUT2D eigenvalue weighted by atomic mass is 9.85. The van der Waals surface area contributed by atoms with Crippen molar-refractivity contribution in [2.24, 2.45) is 17.6 Å². The smallest absolute Gasteiger partial charge is 0.223 e.